The third-order valence-corrected chi connectivity index (χ3v) is 4.23. The minimum absolute atomic E-state index is 0.100. The lowest BCUT2D eigenvalue weighted by molar-refractivity contribution is 0.102. The first-order chi connectivity index (χ1) is 10.7. The zero-order chi connectivity index (χ0) is 15.4. The maximum atomic E-state index is 13.1. The molecule has 0 saturated carbocycles. The molecule has 22 heavy (non-hydrogen) atoms. The van der Waals surface area contributed by atoms with E-state index in [9.17, 15) is 9.18 Å². The Hall–Kier alpha value is -2.01. The number of thioether (sulfide) groups is 1. The van der Waals surface area contributed by atoms with E-state index in [1.165, 1.54) is 23.9 Å². The Labute approximate surface area is 132 Å². The van der Waals surface area contributed by atoms with Gasteiger partial charge in [-0.05, 0) is 30.3 Å². The van der Waals surface area contributed by atoms with Gasteiger partial charge in [0.05, 0.1) is 19.0 Å². The number of hydrogen-bond acceptors (Lipinski definition) is 4. The van der Waals surface area contributed by atoms with Crippen molar-refractivity contribution in [1.29, 1.82) is 0 Å². The maximum Gasteiger partial charge on any atom is 0.173 e. The Bertz CT molecular complexity index is 687. The van der Waals surface area contributed by atoms with E-state index in [0.29, 0.717) is 24.5 Å². The van der Waals surface area contributed by atoms with E-state index in [0.717, 1.165) is 17.1 Å². The Morgan fingerprint density at radius 3 is 2.73 bits per heavy atom. The summed E-state index contributed by atoms with van der Waals surface area (Å²) in [7, 11) is 0. The number of hydrogen-bond donors (Lipinski definition) is 0. The van der Waals surface area contributed by atoms with Gasteiger partial charge in [-0.3, -0.25) is 4.79 Å². The first-order valence-corrected chi connectivity index (χ1v) is 8.02. The number of halogens is 1. The monoisotopic (exact) mass is 318 g/mol. The maximum absolute atomic E-state index is 13.1. The first kappa shape index (κ1) is 14.9. The minimum atomic E-state index is -0.397. The molecule has 2 aromatic rings. The number of Topliss-reactive ketones (excluding diaryl/α,β-unsaturated/α-hetero) is 1. The van der Waals surface area contributed by atoms with Crippen LogP contribution in [0.2, 0.25) is 0 Å². The van der Waals surface area contributed by atoms with Crippen LogP contribution in [0, 0.1) is 5.82 Å². The standard InChI is InChI=1S/C17H15FO3S/c18-13-4-1-3-12(9-13)15(19)11-22-14-5-6-16-17(10-14)21-8-2-7-20-16/h1,3-6,9-10H,2,7-8,11H2. The normalized spacial score (nSPS) is 13.5. The Balaban J connectivity index is 1.66. The van der Waals surface area contributed by atoms with Crippen molar-refractivity contribution in [2.45, 2.75) is 11.3 Å². The van der Waals surface area contributed by atoms with Crippen LogP contribution in [0.4, 0.5) is 4.39 Å². The van der Waals surface area contributed by atoms with Crippen molar-refractivity contribution >= 4 is 17.5 Å². The van der Waals surface area contributed by atoms with Gasteiger partial charge < -0.3 is 9.47 Å². The van der Waals surface area contributed by atoms with Gasteiger partial charge in [0.1, 0.15) is 5.82 Å². The van der Waals surface area contributed by atoms with Gasteiger partial charge in [-0.15, -0.1) is 11.8 Å². The third kappa shape index (κ3) is 3.60. The summed E-state index contributed by atoms with van der Waals surface area (Å²) in [5.41, 5.74) is 0.391. The lowest BCUT2D eigenvalue weighted by Crippen LogP contribution is -2.02. The SMILES string of the molecule is O=C(CSc1ccc2c(c1)OCCCO2)c1cccc(F)c1. The zero-order valence-corrected chi connectivity index (χ0v) is 12.7. The highest BCUT2D eigenvalue weighted by Crippen LogP contribution is 2.34. The predicted octanol–water partition coefficient (Wildman–Crippen LogP) is 3.96. The van der Waals surface area contributed by atoms with Crippen LogP contribution in [0.1, 0.15) is 16.8 Å². The average molecular weight is 318 g/mol. The molecule has 0 atom stereocenters. The van der Waals surface area contributed by atoms with E-state index < -0.39 is 5.82 Å². The van der Waals surface area contributed by atoms with Crippen molar-refractivity contribution in [2.24, 2.45) is 0 Å². The van der Waals surface area contributed by atoms with E-state index in [2.05, 4.69) is 0 Å². The van der Waals surface area contributed by atoms with Gasteiger partial charge in [-0.2, -0.15) is 0 Å². The highest BCUT2D eigenvalue weighted by atomic mass is 32.2. The molecule has 1 aliphatic heterocycles. The van der Waals surface area contributed by atoms with Crippen molar-refractivity contribution in [3.05, 3.63) is 53.8 Å². The number of benzene rings is 2. The average Bonchev–Trinajstić information content (AvgIpc) is 2.77. The van der Waals surface area contributed by atoms with Crippen molar-refractivity contribution in [1.82, 2.24) is 0 Å². The molecular weight excluding hydrogens is 303 g/mol. The van der Waals surface area contributed by atoms with Gasteiger partial charge in [-0.1, -0.05) is 12.1 Å². The van der Waals surface area contributed by atoms with E-state index in [1.807, 2.05) is 18.2 Å². The Kier molecular flexibility index (Phi) is 4.63. The summed E-state index contributed by atoms with van der Waals surface area (Å²) in [6, 6.07) is 11.4. The largest absolute Gasteiger partial charge is 0.490 e. The number of carbonyl (C=O) groups excluding carboxylic acids is 1. The highest BCUT2D eigenvalue weighted by Gasteiger charge is 2.12. The fraction of sp³-hybridized carbons (Fsp3) is 0.235. The molecular formula is C17H15FO3S. The fourth-order valence-corrected chi connectivity index (χ4v) is 2.95. The van der Waals surface area contributed by atoms with Crippen molar-refractivity contribution in [3.8, 4) is 11.5 Å². The number of rotatable bonds is 4. The second-order valence-electron chi connectivity index (χ2n) is 4.88. The van der Waals surface area contributed by atoms with Crippen LogP contribution in [0.5, 0.6) is 11.5 Å². The molecule has 0 radical (unpaired) electrons. The quantitative estimate of drug-likeness (QED) is 0.631. The minimum Gasteiger partial charge on any atom is -0.490 e. The highest BCUT2D eigenvalue weighted by molar-refractivity contribution is 8.00. The topological polar surface area (TPSA) is 35.5 Å². The molecule has 0 unspecified atom stereocenters. The molecule has 0 aromatic heterocycles. The van der Waals surface area contributed by atoms with Gasteiger partial charge in [0.25, 0.3) is 0 Å². The van der Waals surface area contributed by atoms with Gasteiger partial charge in [0.15, 0.2) is 17.3 Å². The van der Waals surface area contributed by atoms with E-state index in [4.69, 9.17) is 9.47 Å². The van der Waals surface area contributed by atoms with Crippen LogP contribution in [0.25, 0.3) is 0 Å². The van der Waals surface area contributed by atoms with Crippen molar-refractivity contribution in [2.75, 3.05) is 19.0 Å². The number of ether oxygens (including phenoxy) is 2. The molecule has 114 valence electrons. The summed E-state index contributed by atoms with van der Waals surface area (Å²) >= 11 is 1.40. The van der Waals surface area contributed by atoms with E-state index >= 15 is 0 Å². The van der Waals surface area contributed by atoms with Crippen LogP contribution in [0.15, 0.2) is 47.4 Å². The third-order valence-electron chi connectivity index (χ3n) is 3.24. The van der Waals surface area contributed by atoms with Crippen LogP contribution in [0.3, 0.4) is 0 Å². The summed E-state index contributed by atoms with van der Waals surface area (Å²) in [5, 5.41) is 0. The van der Waals surface area contributed by atoms with Gasteiger partial charge in [0.2, 0.25) is 0 Å². The molecule has 0 N–H and O–H groups in total. The van der Waals surface area contributed by atoms with Crippen LogP contribution >= 0.6 is 11.8 Å². The number of fused-ring (bicyclic) bond motifs is 1. The summed E-state index contributed by atoms with van der Waals surface area (Å²) in [6.45, 7) is 1.28. The first-order valence-electron chi connectivity index (χ1n) is 7.03. The molecule has 1 aliphatic rings. The number of carbonyl (C=O) groups is 1. The molecule has 0 amide bonds. The Morgan fingerprint density at radius 2 is 1.91 bits per heavy atom. The second-order valence-corrected chi connectivity index (χ2v) is 5.93. The lowest BCUT2D eigenvalue weighted by atomic mass is 10.1. The molecule has 2 aromatic carbocycles. The molecule has 0 spiro atoms. The molecule has 0 aliphatic carbocycles. The summed E-state index contributed by atoms with van der Waals surface area (Å²) < 4.78 is 24.3. The van der Waals surface area contributed by atoms with Gasteiger partial charge in [-0.25, -0.2) is 4.39 Å². The van der Waals surface area contributed by atoms with E-state index in [1.54, 1.807) is 12.1 Å². The van der Waals surface area contributed by atoms with Crippen LogP contribution < -0.4 is 9.47 Å². The van der Waals surface area contributed by atoms with Crippen molar-refractivity contribution < 1.29 is 18.7 Å². The number of ketones is 1. The smallest absolute Gasteiger partial charge is 0.173 e. The molecule has 1 heterocycles. The predicted molar refractivity (Wildman–Crippen MR) is 83.5 cm³/mol. The van der Waals surface area contributed by atoms with E-state index in [-0.39, 0.29) is 11.5 Å². The zero-order valence-electron chi connectivity index (χ0n) is 11.9. The van der Waals surface area contributed by atoms with Gasteiger partial charge in [0, 0.05) is 16.9 Å². The van der Waals surface area contributed by atoms with Crippen LogP contribution in [-0.2, 0) is 0 Å². The second kappa shape index (κ2) is 6.83. The molecule has 3 nitrogen and oxygen atoms in total. The summed E-state index contributed by atoms with van der Waals surface area (Å²) in [6.07, 6.45) is 0.856. The lowest BCUT2D eigenvalue weighted by Gasteiger charge is -2.09. The van der Waals surface area contributed by atoms with Crippen LogP contribution in [-0.4, -0.2) is 24.7 Å². The molecule has 3 rings (SSSR count). The Morgan fingerprint density at radius 1 is 1.09 bits per heavy atom. The van der Waals surface area contributed by atoms with Crippen molar-refractivity contribution in [3.63, 3.8) is 0 Å². The molecule has 0 fully saturated rings. The molecule has 0 bridgehead atoms. The molecule has 0 saturated heterocycles. The summed E-state index contributed by atoms with van der Waals surface area (Å²) in [5.74, 6) is 1.20. The molecule has 5 heteroatoms. The summed E-state index contributed by atoms with van der Waals surface area (Å²) in [4.78, 5) is 13.0. The van der Waals surface area contributed by atoms with Gasteiger partial charge >= 0.3 is 0 Å². The fourth-order valence-electron chi connectivity index (χ4n) is 2.13.